The quantitative estimate of drug-likeness (QED) is 0.828. The normalized spacial score (nSPS) is 25.9. The van der Waals surface area contributed by atoms with Crippen molar-refractivity contribution in [2.45, 2.75) is 38.8 Å². The summed E-state index contributed by atoms with van der Waals surface area (Å²) in [6, 6.07) is 0. The summed E-state index contributed by atoms with van der Waals surface area (Å²) in [6.45, 7) is 1.83. The SMILES string of the molecule is CC1(C(=O)N2CCC(CN)(C(F)(F)F)CC2)CC1. The molecule has 0 aromatic heterocycles. The van der Waals surface area contributed by atoms with Crippen LogP contribution in [-0.2, 0) is 4.79 Å². The van der Waals surface area contributed by atoms with E-state index in [-0.39, 0.29) is 37.3 Å². The molecule has 3 nitrogen and oxygen atoms in total. The Bertz CT molecular complexity index is 342. The van der Waals surface area contributed by atoms with Crippen molar-refractivity contribution in [2.75, 3.05) is 19.6 Å². The molecule has 6 heteroatoms. The van der Waals surface area contributed by atoms with Crippen LogP contribution in [-0.4, -0.2) is 36.6 Å². The van der Waals surface area contributed by atoms with Gasteiger partial charge in [0.05, 0.1) is 5.41 Å². The number of hydrogen-bond donors (Lipinski definition) is 1. The number of rotatable bonds is 2. The zero-order valence-corrected chi connectivity index (χ0v) is 10.5. The molecule has 1 amide bonds. The summed E-state index contributed by atoms with van der Waals surface area (Å²) in [7, 11) is 0. The largest absolute Gasteiger partial charge is 0.395 e. The van der Waals surface area contributed by atoms with Crippen molar-refractivity contribution in [2.24, 2.45) is 16.6 Å². The molecule has 1 aliphatic carbocycles. The number of alkyl halides is 3. The highest BCUT2D eigenvalue weighted by Crippen LogP contribution is 2.49. The lowest BCUT2D eigenvalue weighted by Gasteiger charge is -2.42. The Labute approximate surface area is 104 Å². The summed E-state index contributed by atoms with van der Waals surface area (Å²) < 4.78 is 39.0. The molecule has 104 valence electrons. The number of piperidine rings is 1. The fraction of sp³-hybridized carbons (Fsp3) is 0.917. The van der Waals surface area contributed by atoms with Gasteiger partial charge in [0, 0.05) is 25.0 Å². The molecule has 1 saturated heterocycles. The van der Waals surface area contributed by atoms with Gasteiger partial charge in [-0.15, -0.1) is 0 Å². The van der Waals surface area contributed by atoms with E-state index in [1.54, 1.807) is 4.90 Å². The molecule has 1 saturated carbocycles. The monoisotopic (exact) mass is 264 g/mol. The van der Waals surface area contributed by atoms with Gasteiger partial charge < -0.3 is 10.6 Å². The fourth-order valence-corrected chi connectivity index (χ4v) is 2.52. The molecule has 2 rings (SSSR count). The molecule has 0 radical (unpaired) electrons. The number of likely N-dealkylation sites (tertiary alicyclic amines) is 1. The maximum Gasteiger partial charge on any atom is 0.395 e. The van der Waals surface area contributed by atoms with Gasteiger partial charge in [0.25, 0.3) is 0 Å². The molecule has 2 aliphatic rings. The van der Waals surface area contributed by atoms with E-state index >= 15 is 0 Å². The van der Waals surface area contributed by atoms with E-state index in [1.807, 2.05) is 6.92 Å². The minimum atomic E-state index is -4.28. The predicted molar refractivity (Wildman–Crippen MR) is 60.7 cm³/mol. The zero-order valence-electron chi connectivity index (χ0n) is 10.5. The van der Waals surface area contributed by atoms with Gasteiger partial charge in [0.1, 0.15) is 0 Å². The summed E-state index contributed by atoms with van der Waals surface area (Å²) in [5.41, 5.74) is 3.22. The highest BCUT2D eigenvalue weighted by Gasteiger charge is 2.56. The molecule has 0 aromatic carbocycles. The minimum absolute atomic E-state index is 0.00953. The second kappa shape index (κ2) is 4.11. The first-order chi connectivity index (χ1) is 8.24. The number of nitrogens with zero attached hydrogens (tertiary/aromatic N) is 1. The second-order valence-electron chi connectivity index (χ2n) is 5.84. The van der Waals surface area contributed by atoms with Gasteiger partial charge >= 0.3 is 6.18 Å². The summed E-state index contributed by atoms with van der Waals surface area (Å²) in [4.78, 5) is 13.6. The van der Waals surface area contributed by atoms with E-state index < -0.39 is 18.1 Å². The summed E-state index contributed by atoms with van der Waals surface area (Å²) >= 11 is 0. The first kappa shape index (κ1) is 13.6. The van der Waals surface area contributed by atoms with Gasteiger partial charge in [0.2, 0.25) is 5.91 Å². The van der Waals surface area contributed by atoms with Crippen molar-refractivity contribution in [3.63, 3.8) is 0 Å². The van der Waals surface area contributed by atoms with Crippen LogP contribution in [0.25, 0.3) is 0 Å². The van der Waals surface area contributed by atoms with Gasteiger partial charge in [0.15, 0.2) is 0 Å². The number of amides is 1. The van der Waals surface area contributed by atoms with Crippen LogP contribution < -0.4 is 5.73 Å². The molecule has 2 N–H and O–H groups in total. The molecule has 1 aliphatic heterocycles. The lowest BCUT2D eigenvalue weighted by atomic mass is 9.77. The van der Waals surface area contributed by atoms with Gasteiger partial charge in [-0.25, -0.2) is 0 Å². The molecule has 0 aromatic rings. The third-order valence-corrected chi connectivity index (χ3v) is 4.52. The van der Waals surface area contributed by atoms with Crippen LogP contribution in [0.1, 0.15) is 32.6 Å². The second-order valence-corrected chi connectivity index (χ2v) is 5.84. The maximum atomic E-state index is 13.0. The van der Waals surface area contributed by atoms with Crippen LogP contribution in [0.5, 0.6) is 0 Å². The molecule has 1 heterocycles. The predicted octanol–water partition coefficient (Wildman–Crippen LogP) is 1.92. The van der Waals surface area contributed by atoms with E-state index in [9.17, 15) is 18.0 Å². The third kappa shape index (κ3) is 2.11. The number of halogens is 3. The Morgan fingerprint density at radius 1 is 1.22 bits per heavy atom. The average Bonchev–Trinajstić information content (AvgIpc) is 3.06. The molecular weight excluding hydrogens is 245 g/mol. The van der Waals surface area contributed by atoms with Crippen molar-refractivity contribution >= 4 is 5.91 Å². The molecule has 0 bridgehead atoms. The summed E-state index contributed by atoms with van der Waals surface area (Å²) in [5.74, 6) is 0.00953. The van der Waals surface area contributed by atoms with Gasteiger partial charge in [-0.3, -0.25) is 4.79 Å². The third-order valence-electron chi connectivity index (χ3n) is 4.52. The van der Waals surface area contributed by atoms with Gasteiger partial charge in [-0.2, -0.15) is 13.2 Å². The van der Waals surface area contributed by atoms with Gasteiger partial charge in [-0.1, -0.05) is 6.92 Å². The van der Waals surface area contributed by atoms with E-state index in [0.29, 0.717) is 0 Å². The summed E-state index contributed by atoms with van der Waals surface area (Å²) in [5, 5.41) is 0. The van der Waals surface area contributed by atoms with Crippen LogP contribution in [0, 0.1) is 10.8 Å². The number of carbonyl (C=O) groups is 1. The Hall–Kier alpha value is -0.780. The molecule has 18 heavy (non-hydrogen) atoms. The average molecular weight is 264 g/mol. The Kier molecular flexibility index (Phi) is 3.12. The van der Waals surface area contributed by atoms with E-state index in [2.05, 4.69) is 0 Å². The van der Waals surface area contributed by atoms with E-state index in [1.165, 1.54) is 0 Å². The van der Waals surface area contributed by atoms with Crippen LogP contribution in [0.3, 0.4) is 0 Å². The van der Waals surface area contributed by atoms with Crippen molar-refractivity contribution in [3.05, 3.63) is 0 Å². The van der Waals surface area contributed by atoms with Crippen LogP contribution in [0.4, 0.5) is 13.2 Å². The Morgan fingerprint density at radius 3 is 2.06 bits per heavy atom. The summed E-state index contributed by atoms with van der Waals surface area (Å²) in [6.07, 6.45) is -2.72. The van der Waals surface area contributed by atoms with E-state index in [4.69, 9.17) is 5.73 Å². The Morgan fingerprint density at radius 2 is 1.72 bits per heavy atom. The number of hydrogen-bond acceptors (Lipinski definition) is 2. The highest BCUT2D eigenvalue weighted by atomic mass is 19.4. The first-order valence-electron chi connectivity index (χ1n) is 6.30. The number of carbonyl (C=O) groups excluding carboxylic acids is 1. The van der Waals surface area contributed by atoms with Crippen molar-refractivity contribution in [1.82, 2.24) is 4.90 Å². The number of nitrogens with two attached hydrogens (primary N) is 1. The standard InChI is InChI=1S/C12H19F3N2O/c1-10(2-3-10)9(18)17-6-4-11(8-16,5-7-17)12(13,14)15/h2-8,16H2,1H3. The van der Waals surface area contributed by atoms with Crippen molar-refractivity contribution in [3.8, 4) is 0 Å². The highest BCUT2D eigenvalue weighted by molar-refractivity contribution is 5.85. The molecule has 0 spiro atoms. The maximum absolute atomic E-state index is 13.0. The van der Waals surface area contributed by atoms with Gasteiger partial charge in [-0.05, 0) is 25.7 Å². The fourth-order valence-electron chi connectivity index (χ4n) is 2.52. The Balaban J connectivity index is 2.01. The molecular formula is C12H19F3N2O. The smallest absolute Gasteiger partial charge is 0.342 e. The molecule has 0 atom stereocenters. The van der Waals surface area contributed by atoms with E-state index in [0.717, 1.165) is 12.8 Å². The zero-order chi connectivity index (χ0) is 13.6. The molecule has 0 unspecified atom stereocenters. The first-order valence-corrected chi connectivity index (χ1v) is 6.30. The van der Waals surface area contributed by atoms with Crippen molar-refractivity contribution in [1.29, 1.82) is 0 Å². The van der Waals surface area contributed by atoms with Crippen molar-refractivity contribution < 1.29 is 18.0 Å². The van der Waals surface area contributed by atoms with Crippen LogP contribution >= 0.6 is 0 Å². The van der Waals surface area contributed by atoms with Crippen LogP contribution in [0.15, 0.2) is 0 Å². The topological polar surface area (TPSA) is 46.3 Å². The van der Waals surface area contributed by atoms with Crippen LogP contribution in [0.2, 0.25) is 0 Å². The lowest BCUT2D eigenvalue weighted by molar-refractivity contribution is -0.234. The minimum Gasteiger partial charge on any atom is -0.342 e. The lowest BCUT2D eigenvalue weighted by Crippen LogP contribution is -2.53. The molecule has 2 fully saturated rings.